The first-order valence-corrected chi connectivity index (χ1v) is 7.36. The van der Waals surface area contributed by atoms with E-state index in [1.54, 1.807) is 22.6 Å². The second-order valence-corrected chi connectivity index (χ2v) is 6.04. The van der Waals surface area contributed by atoms with E-state index in [9.17, 15) is 9.90 Å². The third-order valence-corrected chi connectivity index (χ3v) is 4.68. The second kappa shape index (κ2) is 6.24. The molecule has 2 heterocycles. The number of aliphatic hydroxyl groups excluding tert-OH is 1. The number of carbonyl (C=O) groups excluding carboxylic acids is 1. The molecule has 0 bridgehead atoms. The maximum absolute atomic E-state index is 12.1. The zero-order valence-electron chi connectivity index (χ0n) is 11.6. The van der Waals surface area contributed by atoms with E-state index in [1.807, 2.05) is 6.92 Å². The molecule has 0 radical (unpaired) electrons. The van der Waals surface area contributed by atoms with Gasteiger partial charge in [-0.15, -0.1) is 0 Å². The number of carbonyl (C=O) groups is 1. The van der Waals surface area contributed by atoms with E-state index in [2.05, 4.69) is 5.32 Å². The summed E-state index contributed by atoms with van der Waals surface area (Å²) in [5.74, 6) is 0.240. The van der Waals surface area contributed by atoms with Crippen molar-refractivity contribution in [3.05, 3.63) is 21.9 Å². The number of amides is 2. The number of aromatic nitrogens is 1. The Bertz CT molecular complexity index is 504. The Morgan fingerprint density at radius 2 is 2.25 bits per heavy atom. The summed E-state index contributed by atoms with van der Waals surface area (Å²) >= 11 is 11.9. The highest BCUT2D eigenvalue weighted by molar-refractivity contribution is 6.41. The van der Waals surface area contributed by atoms with Crippen LogP contribution in [0.1, 0.15) is 19.0 Å². The van der Waals surface area contributed by atoms with E-state index in [0.717, 1.165) is 12.1 Å². The third-order valence-electron chi connectivity index (χ3n) is 3.84. The van der Waals surface area contributed by atoms with Crippen LogP contribution in [0.15, 0.2) is 6.07 Å². The monoisotopic (exact) mass is 319 g/mol. The predicted molar refractivity (Wildman–Crippen MR) is 79.0 cm³/mol. The van der Waals surface area contributed by atoms with Crippen LogP contribution in [-0.4, -0.2) is 39.8 Å². The van der Waals surface area contributed by atoms with E-state index in [4.69, 9.17) is 23.2 Å². The number of likely N-dealkylation sites (tertiary alicyclic amines) is 1. The minimum atomic E-state index is -0.451. The molecular weight excluding hydrogens is 301 g/mol. The molecule has 0 spiro atoms. The summed E-state index contributed by atoms with van der Waals surface area (Å²) in [6.07, 6.45) is 0.365. The Kier molecular flexibility index (Phi) is 4.83. The largest absolute Gasteiger partial charge is 0.391 e. The van der Waals surface area contributed by atoms with Crippen molar-refractivity contribution in [3.8, 4) is 0 Å². The van der Waals surface area contributed by atoms with Crippen molar-refractivity contribution in [1.29, 1.82) is 0 Å². The molecule has 7 heteroatoms. The lowest BCUT2D eigenvalue weighted by Gasteiger charge is -2.34. The van der Waals surface area contributed by atoms with Gasteiger partial charge in [0.1, 0.15) is 5.15 Å². The molecule has 1 aromatic rings. The summed E-state index contributed by atoms with van der Waals surface area (Å²) in [6, 6.07) is 1.56. The van der Waals surface area contributed by atoms with Crippen LogP contribution in [-0.2, 0) is 13.6 Å². The maximum Gasteiger partial charge on any atom is 0.317 e. The number of rotatable bonds is 2. The van der Waals surface area contributed by atoms with Gasteiger partial charge in [-0.25, -0.2) is 4.79 Å². The summed E-state index contributed by atoms with van der Waals surface area (Å²) in [4.78, 5) is 13.7. The molecule has 1 fully saturated rings. The first kappa shape index (κ1) is 15.5. The molecule has 1 aliphatic heterocycles. The van der Waals surface area contributed by atoms with Crippen LogP contribution in [0.3, 0.4) is 0 Å². The van der Waals surface area contributed by atoms with Crippen LogP contribution in [0.2, 0.25) is 10.2 Å². The van der Waals surface area contributed by atoms with Gasteiger partial charge in [-0.2, -0.15) is 0 Å². The number of nitrogens with zero attached hydrogens (tertiary/aromatic N) is 2. The molecule has 5 nitrogen and oxygen atoms in total. The molecule has 1 aliphatic rings. The smallest absolute Gasteiger partial charge is 0.317 e. The third kappa shape index (κ3) is 3.22. The van der Waals surface area contributed by atoms with Crippen LogP contribution in [0, 0.1) is 5.92 Å². The van der Waals surface area contributed by atoms with Crippen molar-refractivity contribution in [2.24, 2.45) is 13.0 Å². The average molecular weight is 320 g/mol. The van der Waals surface area contributed by atoms with Crippen LogP contribution < -0.4 is 5.32 Å². The normalized spacial score (nSPS) is 22.9. The van der Waals surface area contributed by atoms with Gasteiger partial charge in [0, 0.05) is 25.8 Å². The summed E-state index contributed by atoms with van der Waals surface area (Å²) in [5, 5.41) is 13.6. The minimum absolute atomic E-state index is 0.176. The van der Waals surface area contributed by atoms with E-state index in [-0.39, 0.29) is 11.9 Å². The molecule has 2 unspecified atom stereocenters. The van der Waals surface area contributed by atoms with Crippen LogP contribution >= 0.6 is 23.2 Å². The number of piperidine rings is 1. The zero-order valence-corrected chi connectivity index (χ0v) is 13.1. The van der Waals surface area contributed by atoms with Gasteiger partial charge in [0.15, 0.2) is 0 Å². The Morgan fingerprint density at radius 3 is 2.80 bits per heavy atom. The average Bonchev–Trinajstić information content (AvgIpc) is 2.66. The fourth-order valence-corrected chi connectivity index (χ4v) is 2.69. The zero-order chi connectivity index (χ0) is 14.9. The van der Waals surface area contributed by atoms with Gasteiger partial charge in [-0.1, -0.05) is 30.1 Å². The van der Waals surface area contributed by atoms with E-state index >= 15 is 0 Å². The number of nitrogens with one attached hydrogen (secondary N) is 1. The van der Waals surface area contributed by atoms with Gasteiger partial charge >= 0.3 is 6.03 Å². The molecule has 2 rings (SSSR count). The van der Waals surface area contributed by atoms with E-state index in [1.165, 1.54) is 0 Å². The summed E-state index contributed by atoms with van der Waals surface area (Å²) < 4.78 is 1.73. The van der Waals surface area contributed by atoms with Crippen molar-refractivity contribution in [2.75, 3.05) is 13.1 Å². The van der Waals surface area contributed by atoms with Gasteiger partial charge in [0.25, 0.3) is 0 Å². The lowest BCUT2D eigenvalue weighted by molar-refractivity contribution is 0.0435. The number of hydrogen-bond acceptors (Lipinski definition) is 2. The molecule has 1 aromatic heterocycles. The highest BCUT2D eigenvalue weighted by Gasteiger charge is 2.27. The molecule has 1 saturated heterocycles. The van der Waals surface area contributed by atoms with Gasteiger partial charge in [-0.05, 0) is 18.4 Å². The standard InChI is InChI=1S/C13H19Cl2N3O2/c1-8-3-4-18(7-11(8)19)13(20)16-6-9-5-10(14)12(15)17(9)2/h5,8,11,19H,3-4,6-7H2,1-2H3,(H,16,20). The lowest BCUT2D eigenvalue weighted by atomic mass is 9.96. The Hall–Kier alpha value is -0.910. The van der Waals surface area contributed by atoms with E-state index in [0.29, 0.717) is 29.8 Å². The summed E-state index contributed by atoms with van der Waals surface area (Å²) in [7, 11) is 1.79. The van der Waals surface area contributed by atoms with Crippen LogP contribution in [0.4, 0.5) is 4.79 Å². The molecule has 20 heavy (non-hydrogen) atoms. The number of urea groups is 1. The van der Waals surface area contributed by atoms with Crippen molar-refractivity contribution in [1.82, 2.24) is 14.8 Å². The number of hydrogen-bond donors (Lipinski definition) is 2. The van der Waals surface area contributed by atoms with Gasteiger partial charge in [-0.3, -0.25) is 0 Å². The number of β-amino-alcohol motifs (C(OH)–C–C–N with tert-alkyl or cyclic N) is 1. The Morgan fingerprint density at radius 1 is 1.55 bits per heavy atom. The molecule has 2 atom stereocenters. The topological polar surface area (TPSA) is 57.5 Å². The SMILES string of the molecule is CC1CCN(C(=O)NCc2cc(Cl)c(Cl)n2C)CC1O. The highest BCUT2D eigenvalue weighted by atomic mass is 35.5. The number of aliphatic hydroxyl groups is 1. The fourth-order valence-electron chi connectivity index (χ4n) is 2.27. The second-order valence-electron chi connectivity index (χ2n) is 5.27. The first-order valence-electron chi connectivity index (χ1n) is 6.60. The highest BCUT2D eigenvalue weighted by Crippen LogP contribution is 2.25. The Labute approximate surface area is 128 Å². The first-order chi connectivity index (χ1) is 9.40. The summed E-state index contributed by atoms with van der Waals surface area (Å²) in [6.45, 7) is 3.39. The van der Waals surface area contributed by atoms with Gasteiger partial charge < -0.3 is 19.9 Å². The van der Waals surface area contributed by atoms with Crippen molar-refractivity contribution < 1.29 is 9.90 Å². The molecule has 2 amide bonds. The number of halogens is 2. The lowest BCUT2D eigenvalue weighted by Crippen LogP contribution is -2.49. The fraction of sp³-hybridized carbons (Fsp3) is 0.615. The Balaban J connectivity index is 1.90. The van der Waals surface area contributed by atoms with Gasteiger partial charge in [0.2, 0.25) is 0 Å². The molecular formula is C13H19Cl2N3O2. The minimum Gasteiger partial charge on any atom is -0.391 e. The molecule has 112 valence electrons. The van der Waals surface area contributed by atoms with Gasteiger partial charge in [0.05, 0.1) is 17.7 Å². The van der Waals surface area contributed by atoms with Crippen LogP contribution in [0.5, 0.6) is 0 Å². The maximum atomic E-state index is 12.1. The molecule has 2 N–H and O–H groups in total. The molecule has 0 aromatic carbocycles. The molecule has 0 aliphatic carbocycles. The van der Waals surface area contributed by atoms with Crippen molar-refractivity contribution in [3.63, 3.8) is 0 Å². The van der Waals surface area contributed by atoms with E-state index < -0.39 is 6.10 Å². The summed E-state index contributed by atoms with van der Waals surface area (Å²) in [5.41, 5.74) is 0.833. The quantitative estimate of drug-likeness (QED) is 0.878. The van der Waals surface area contributed by atoms with Crippen molar-refractivity contribution >= 4 is 29.2 Å². The predicted octanol–water partition coefficient (Wildman–Crippen LogP) is 2.24. The molecule has 0 saturated carbocycles. The van der Waals surface area contributed by atoms with Crippen LogP contribution in [0.25, 0.3) is 0 Å². The van der Waals surface area contributed by atoms with Crippen molar-refractivity contribution in [2.45, 2.75) is 26.0 Å².